The van der Waals surface area contributed by atoms with Crippen LogP contribution in [0.25, 0.3) is 0 Å². The maximum Gasteiger partial charge on any atom is 0.326 e. The third-order valence-electron chi connectivity index (χ3n) is 4.64. The second kappa shape index (κ2) is 6.48. The summed E-state index contributed by atoms with van der Waals surface area (Å²) in [6, 6.07) is 9.99. The molecular weight excluding hydrogens is 386 g/mol. The van der Waals surface area contributed by atoms with Crippen LogP contribution in [0.3, 0.4) is 0 Å². The number of rotatable bonds is 4. The Hall–Kier alpha value is -3.14. The first-order chi connectivity index (χ1) is 13.3. The Morgan fingerprint density at radius 1 is 1.07 bits per heavy atom. The lowest BCUT2D eigenvalue weighted by Crippen LogP contribution is -2.32. The molecule has 1 atom stereocenters. The van der Waals surface area contributed by atoms with E-state index in [0.29, 0.717) is 34.3 Å². The van der Waals surface area contributed by atoms with Gasteiger partial charge in [0.1, 0.15) is 5.75 Å². The van der Waals surface area contributed by atoms with E-state index < -0.39 is 16.3 Å². The molecule has 2 aromatic rings. The first kappa shape index (κ1) is 18.2. The molecule has 0 saturated carbocycles. The molecule has 1 amide bonds. The van der Waals surface area contributed by atoms with Gasteiger partial charge < -0.3 is 19.5 Å². The van der Waals surface area contributed by atoms with Crippen LogP contribution in [0.5, 0.6) is 17.2 Å². The molecule has 9 nitrogen and oxygen atoms in total. The fourth-order valence-corrected chi connectivity index (χ4v) is 4.17. The summed E-state index contributed by atoms with van der Waals surface area (Å²) in [6.45, 7) is 1.78. The molecule has 1 N–H and O–H groups in total. The number of nitrogens with zero attached hydrogens (tertiary/aromatic N) is 2. The number of fused-ring (bicyclic) bond motifs is 2. The Labute approximate surface area is 162 Å². The molecule has 0 radical (unpaired) electrons. The number of hydrogen-bond acceptors (Lipinski definition) is 6. The van der Waals surface area contributed by atoms with Crippen molar-refractivity contribution < 1.29 is 27.4 Å². The summed E-state index contributed by atoms with van der Waals surface area (Å²) in [5.41, 5.74) is 1.51. The van der Waals surface area contributed by atoms with Crippen LogP contribution in [0.2, 0.25) is 0 Å². The minimum absolute atomic E-state index is 0.159. The van der Waals surface area contributed by atoms with E-state index in [9.17, 15) is 13.2 Å². The summed E-state index contributed by atoms with van der Waals surface area (Å²) < 4.78 is 43.0. The van der Waals surface area contributed by atoms with Gasteiger partial charge in [-0.05, 0) is 37.3 Å². The van der Waals surface area contributed by atoms with Gasteiger partial charge in [0, 0.05) is 25.8 Å². The molecule has 4 rings (SSSR count). The van der Waals surface area contributed by atoms with Gasteiger partial charge >= 0.3 is 10.2 Å². The molecule has 28 heavy (non-hydrogen) atoms. The first-order valence-electron chi connectivity index (χ1n) is 8.51. The maximum absolute atomic E-state index is 12.5. The molecule has 0 unspecified atom stereocenters. The van der Waals surface area contributed by atoms with Crippen LogP contribution in [0.1, 0.15) is 6.92 Å². The van der Waals surface area contributed by atoms with Gasteiger partial charge in [0.15, 0.2) is 17.6 Å². The Kier molecular flexibility index (Phi) is 4.22. The molecule has 148 valence electrons. The fraction of sp³-hybridized carbons (Fsp3) is 0.278. The predicted octanol–water partition coefficient (Wildman–Crippen LogP) is 1.95. The van der Waals surface area contributed by atoms with Gasteiger partial charge in [0.05, 0.1) is 11.4 Å². The van der Waals surface area contributed by atoms with Crippen LogP contribution in [0.15, 0.2) is 36.4 Å². The highest BCUT2D eigenvalue weighted by Gasteiger charge is 2.35. The minimum Gasteiger partial charge on any atom is -0.481 e. The van der Waals surface area contributed by atoms with Gasteiger partial charge in [-0.25, -0.2) is 0 Å². The monoisotopic (exact) mass is 405 g/mol. The fourth-order valence-electron chi connectivity index (χ4n) is 3.00. The Morgan fingerprint density at radius 3 is 2.57 bits per heavy atom. The normalized spacial score (nSPS) is 17.2. The average molecular weight is 405 g/mol. The topological polar surface area (TPSA) is 97.4 Å². The van der Waals surface area contributed by atoms with E-state index in [-0.39, 0.29) is 12.7 Å². The number of amides is 1. The molecule has 2 aliphatic rings. The second-order valence-electron chi connectivity index (χ2n) is 6.41. The van der Waals surface area contributed by atoms with Crippen molar-refractivity contribution in [1.29, 1.82) is 0 Å². The molecule has 0 aromatic heterocycles. The largest absolute Gasteiger partial charge is 0.481 e. The number of nitrogens with one attached hydrogen (secondary N) is 1. The van der Waals surface area contributed by atoms with E-state index in [1.54, 1.807) is 43.3 Å². The lowest BCUT2D eigenvalue weighted by atomic mass is 10.2. The average Bonchev–Trinajstić information content (AvgIpc) is 3.19. The molecule has 0 bridgehead atoms. The predicted molar refractivity (Wildman–Crippen MR) is 103 cm³/mol. The maximum atomic E-state index is 12.5. The zero-order valence-corrected chi connectivity index (χ0v) is 16.3. The Bertz CT molecular complexity index is 1060. The number of carbonyl (C=O) groups excluding carboxylic acids is 1. The van der Waals surface area contributed by atoms with Gasteiger partial charge in [-0.3, -0.25) is 13.4 Å². The van der Waals surface area contributed by atoms with E-state index in [1.807, 2.05) is 0 Å². The van der Waals surface area contributed by atoms with Gasteiger partial charge in [-0.1, -0.05) is 0 Å². The van der Waals surface area contributed by atoms with Crippen LogP contribution >= 0.6 is 0 Å². The zero-order valence-electron chi connectivity index (χ0n) is 15.5. The van der Waals surface area contributed by atoms with Crippen LogP contribution in [-0.4, -0.2) is 41.3 Å². The van der Waals surface area contributed by atoms with Crippen LogP contribution in [-0.2, 0) is 15.0 Å². The summed E-state index contributed by atoms with van der Waals surface area (Å²) in [5.74, 6) is 1.31. The Balaban J connectivity index is 1.46. The highest BCUT2D eigenvalue weighted by Crippen LogP contribution is 2.40. The number of ether oxygens (including phenoxy) is 3. The number of anilines is 3. The van der Waals surface area contributed by atoms with Crippen LogP contribution in [0, 0.1) is 0 Å². The van der Waals surface area contributed by atoms with Crippen molar-refractivity contribution in [2.75, 3.05) is 34.8 Å². The number of benzene rings is 2. The second-order valence-corrected chi connectivity index (χ2v) is 8.40. The van der Waals surface area contributed by atoms with Crippen molar-refractivity contribution in [3.8, 4) is 17.2 Å². The van der Waals surface area contributed by atoms with Crippen molar-refractivity contribution in [3.05, 3.63) is 36.4 Å². The number of carbonyl (C=O) groups is 1. The molecule has 2 aliphatic heterocycles. The van der Waals surface area contributed by atoms with Gasteiger partial charge in [-0.15, -0.1) is 0 Å². The van der Waals surface area contributed by atoms with Gasteiger partial charge in [-0.2, -0.15) is 8.42 Å². The molecule has 0 aliphatic carbocycles. The van der Waals surface area contributed by atoms with E-state index >= 15 is 0 Å². The zero-order chi connectivity index (χ0) is 20.1. The smallest absolute Gasteiger partial charge is 0.326 e. The standard InChI is InChI=1S/C18H19N3O6S/c1-11(27-13-5-7-16-17(9-13)26-10-25-16)18(22)19-12-4-6-14-15(8-12)21(3)28(23,24)20(14)2/h4-9,11H,10H2,1-3H3,(H,19,22)/t11-/m1/s1. The number of hydrogen-bond donors (Lipinski definition) is 1. The van der Waals surface area contributed by atoms with E-state index in [2.05, 4.69) is 5.32 Å². The van der Waals surface area contributed by atoms with E-state index in [0.717, 1.165) is 0 Å². The minimum atomic E-state index is -3.56. The lowest BCUT2D eigenvalue weighted by molar-refractivity contribution is -0.122. The summed E-state index contributed by atoms with van der Waals surface area (Å²) in [4.78, 5) is 12.5. The quantitative estimate of drug-likeness (QED) is 0.835. The van der Waals surface area contributed by atoms with Gasteiger partial charge in [0.2, 0.25) is 6.79 Å². The molecule has 0 spiro atoms. The van der Waals surface area contributed by atoms with Crippen LogP contribution in [0.4, 0.5) is 17.1 Å². The Morgan fingerprint density at radius 2 is 1.79 bits per heavy atom. The van der Waals surface area contributed by atoms with Crippen molar-refractivity contribution in [2.24, 2.45) is 0 Å². The van der Waals surface area contributed by atoms with E-state index in [4.69, 9.17) is 14.2 Å². The molecular formula is C18H19N3O6S. The lowest BCUT2D eigenvalue weighted by Gasteiger charge is -2.16. The SMILES string of the molecule is C[C@@H](Oc1ccc2c(c1)OCO2)C(=O)Nc1ccc2c(c1)N(C)S(=O)(=O)N2C. The van der Waals surface area contributed by atoms with Crippen molar-refractivity contribution in [2.45, 2.75) is 13.0 Å². The van der Waals surface area contributed by atoms with Crippen molar-refractivity contribution in [3.63, 3.8) is 0 Å². The third-order valence-corrected chi connectivity index (χ3v) is 6.42. The summed E-state index contributed by atoms with van der Waals surface area (Å²) in [7, 11) is -0.613. The highest BCUT2D eigenvalue weighted by molar-refractivity contribution is 7.94. The summed E-state index contributed by atoms with van der Waals surface area (Å²) in [6.07, 6.45) is -0.780. The first-order valence-corrected chi connectivity index (χ1v) is 9.91. The molecule has 10 heteroatoms. The third kappa shape index (κ3) is 2.95. The van der Waals surface area contributed by atoms with E-state index in [1.165, 1.54) is 22.7 Å². The molecule has 0 fully saturated rings. The highest BCUT2D eigenvalue weighted by atomic mass is 32.2. The van der Waals surface area contributed by atoms with Gasteiger partial charge in [0.25, 0.3) is 5.91 Å². The van der Waals surface area contributed by atoms with Crippen LogP contribution < -0.4 is 28.1 Å². The van der Waals surface area contributed by atoms with Crippen molar-refractivity contribution >= 4 is 33.2 Å². The molecule has 2 heterocycles. The summed E-state index contributed by atoms with van der Waals surface area (Å²) in [5, 5.41) is 2.75. The summed E-state index contributed by atoms with van der Waals surface area (Å²) >= 11 is 0. The molecule has 0 saturated heterocycles. The van der Waals surface area contributed by atoms with Crippen molar-refractivity contribution in [1.82, 2.24) is 0 Å². The molecule has 2 aromatic carbocycles.